The van der Waals surface area contributed by atoms with Crippen molar-refractivity contribution in [2.75, 3.05) is 20.3 Å². The third-order valence-electron chi connectivity index (χ3n) is 3.91. The Morgan fingerprint density at radius 2 is 1.90 bits per heavy atom. The summed E-state index contributed by atoms with van der Waals surface area (Å²) in [6, 6.07) is 15.0. The maximum Gasteiger partial charge on any atom is 0.0765 e. The van der Waals surface area contributed by atoms with Gasteiger partial charge in [-0.15, -0.1) is 0 Å². The molecule has 0 aliphatic carbocycles. The lowest BCUT2D eigenvalue weighted by atomic mass is 10.00. The van der Waals surface area contributed by atoms with Crippen LogP contribution < -0.4 is 5.32 Å². The van der Waals surface area contributed by atoms with Gasteiger partial charge in [-0.3, -0.25) is 0 Å². The molecular formula is C18H25NO2. The molecule has 0 fully saturated rings. The van der Waals surface area contributed by atoms with Crippen molar-refractivity contribution >= 4 is 10.8 Å². The van der Waals surface area contributed by atoms with Gasteiger partial charge < -0.3 is 15.2 Å². The Morgan fingerprint density at radius 3 is 2.62 bits per heavy atom. The zero-order valence-corrected chi connectivity index (χ0v) is 13.1. The predicted octanol–water partition coefficient (Wildman–Crippen LogP) is 3.28. The van der Waals surface area contributed by atoms with Crippen LogP contribution >= 0.6 is 0 Å². The number of fused-ring (bicyclic) bond motifs is 1. The minimum atomic E-state index is -0.749. The summed E-state index contributed by atoms with van der Waals surface area (Å²) >= 11 is 0. The van der Waals surface area contributed by atoms with Crippen molar-refractivity contribution in [3.8, 4) is 0 Å². The fourth-order valence-electron chi connectivity index (χ4n) is 2.38. The molecule has 21 heavy (non-hydrogen) atoms. The Morgan fingerprint density at radius 1 is 1.19 bits per heavy atom. The Balaban J connectivity index is 2.00. The summed E-state index contributed by atoms with van der Waals surface area (Å²) in [6.07, 6.45) is 0.626. The molecule has 0 amide bonds. The molecule has 2 N–H and O–H groups in total. The van der Waals surface area contributed by atoms with Gasteiger partial charge in [0.15, 0.2) is 0 Å². The molecule has 0 bridgehead atoms. The third-order valence-corrected chi connectivity index (χ3v) is 3.91. The molecule has 0 saturated carbocycles. The van der Waals surface area contributed by atoms with Gasteiger partial charge in [-0.25, -0.2) is 0 Å². The van der Waals surface area contributed by atoms with E-state index in [0.717, 1.165) is 0 Å². The van der Waals surface area contributed by atoms with Gasteiger partial charge in [-0.1, -0.05) is 36.4 Å². The van der Waals surface area contributed by atoms with Crippen LogP contribution in [-0.2, 0) is 4.74 Å². The van der Waals surface area contributed by atoms with Crippen molar-refractivity contribution in [2.45, 2.75) is 31.9 Å². The normalized spacial score (nSPS) is 15.8. The van der Waals surface area contributed by atoms with E-state index in [1.165, 1.54) is 16.3 Å². The predicted molar refractivity (Wildman–Crippen MR) is 87.5 cm³/mol. The molecule has 2 aromatic rings. The van der Waals surface area contributed by atoms with E-state index in [1.54, 1.807) is 7.11 Å². The van der Waals surface area contributed by atoms with Crippen LogP contribution in [0, 0.1) is 0 Å². The molecular weight excluding hydrogens is 262 g/mol. The Kier molecular flexibility index (Phi) is 5.34. The first-order valence-corrected chi connectivity index (χ1v) is 7.45. The topological polar surface area (TPSA) is 41.5 Å². The molecule has 0 saturated heterocycles. The number of ether oxygens (including phenoxy) is 1. The van der Waals surface area contributed by atoms with Crippen LogP contribution in [0.3, 0.4) is 0 Å². The van der Waals surface area contributed by atoms with Gasteiger partial charge >= 0.3 is 0 Å². The summed E-state index contributed by atoms with van der Waals surface area (Å²) in [6.45, 7) is 5.08. The zero-order valence-electron chi connectivity index (χ0n) is 13.1. The first-order chi connectivity index (χ1) is 10.0. The molecule has 114 valence electrons. The van der Waals surface area contributed by atoms with Crippen molar-refractivity contribution in [1.29, 1.82) is 0 Å². The largest absolute Gasteiger partial charge is 0.389 e. The highest BCUT2D eigenvalue weighted by atomic mass is 16.5. The summed E-state index contributed by atoms with van der Waals surface area (Å²) in [5.74, 6) is 0. The highest BCUT2D eigenvalue weighted by Crippen LogP contribution is 2.21. The maximum atomic E-state index is 10.3. The van der Waals surface area contributed by atoms with E-state index in [2.05, 4.69) is 54.7 Å². The molecule has 0 aromatic heterocycles. The van der Waals surface area contributed by atoms with Gasteiger partial charge in [0.2, 0.25) is 0 Å². The minimum absolute atomic E-state index is 0.198. The monoisotopic (exact) mass is 287 g/mol. The number of hydrogen-bond acceptors (Lipinski definition) is 3. The van der Waals surface area contributed by atoms with Crippen LogP contribution in [-0.4, -0.2) is 31.0 Å². The summed E-state index contributed by atoms with van der Waals surface area (Å²) in [4.78, 5) is 0. The minimum Gasteiger partial charge on any atom is -0.389 e. The molecule has 2 atom stereocenters. The molecule has 0 aliphatic rings. The quantitative estimate of drug-likeness (QED) is 0.821. The van der Waals surface area contributed by atoms with E-state index in [0.29, 0.717) is 19.6 Å². The van der Waals surface area contributed by atoms with Crippen molar-refractivity contribution in [3.63, 3.8) is 0 Å². The van der Waals surface area contributed by atoms with E-state index in [-0.39, 0.29) is 6.04 Å². The smallest absolute Gasteiger partial charge is 0.0765 e. The number of hydrogen-bond donors (Lipinski definition) is 2. The van der Waals surface area contributed by atoms with Gasteiger partial charge in [0.05, 0.1) is 5.60 Å². The van der Waals surface area contributed by atoms with Crippen molar-refractivity contribution in [2.24, 2.45) is 0 Å². The van der Waals surface area contributed by atoms with E-state index in [4.69, 9.17) is 4.74 Å². The van der Waals surface area contributed by atoms with E-state index < -0.39 is 5.60 Å². The zero-order chi connectivity index (χ0) is 15.3. The average Bonchev–Trinajstić information content (AvgIpc) is 2.50. The van der Waals surface area contributed by atoms with Crippen LogP contribution in [0.25, 0.3) is 10.8 Å². The lowest BCUT2D eigenvalue weighted by Crippen LogP contribution is -2.39. The molecule has 3 heteroatoms. The van der Waals surface area contributed by atoms with Crippen LogP contribution in [0.5, 0.6) is 0 Å². The van der Waals surface area contributed by atoms with Gasteiger partial charge in [-0.2, -0.15) is 0 Å². The van der Waals surface area contributed by atoms with Crippen LogP contribution in [0.15, 0.2) is 42.5 Å². The molecule has 2 aromatic carbocycles. The fraction of sp³-hybridized carbons (Fsp3) is 0.444. The second-order valence-electron chi connectivity index (χ2n) is 5.95. The lowest BCUT2D eigenvalue weighted by Gasteiger charge is -2.26. The van der Waals surface area contributed by atoms with Crippen LogP contribution in [0.2, 0.25) is 0 Å². The summed E-state index contributed by atoms with van der Waals surface area (Å²) < 4.78 is 5.03. The second-order valence-corrected chi connectivity index (χ2v) is 5.95. The molecule has 3 nitrogen and oxygen atoms in total. The number of methoxy groups -OCH3 is 1. The summed E-state index contributed by atoms with van der Waals surface area (Å²) in [7, 11) is 1.65. The summed E-state index contributed by atoms with van der Waals surface area (Å²) in [5, 5.41) is 16.2. The highest BCUT2D eigenvalue weighted by Gasteiger charge is 2.20. The van der Waals surface area contributed by atoms with E-state index >= 15 is 0 Å². The van der Waals surface area contributed by atoms with Gasteiger partial charge in [0, 0.05) is 32.7 Å². The molecule has 0 spiro atoms. The molecule has 2 rings (SSSR count). The number of nitrogens with one attached hydrogen (secondary N) is 1. The van der Waals surface area contributed by atoms with Crippen LogP contribution in [0.4, 0.5) is 0 Å². The first-order valence-electron chi connectivity index (χ1n) is 7.45. The number of aliphatic hydroxyl groups is 1. The second kappa shape index (κ2) is 7.03. The molecule has 0 radical (unpaired) electrons. The Labute approximate surface area is 126 Å². The summed E-state index contributed by atoms with van der Waals surface area (Å²) in [5.41, 5.74) is 0.484. The number of rotatable bonds is 7. The Hall–Kier alpha value is -1.42. The molecule has 0 aliphatic heterocycles. The van der Waals surface area contributed by atoms with Crippen LogP contribution in [0.1, 0.15) is 31.9 Å². The SMILES string of the molecule is COCCC(C)(O)CNC(C)c1ccc2ccccc2c1. The van der Waals surface area contributed by atoms with Gasteiger partial charge in [-0.05, 0) is 36.2 Å². The molecule has 0 heterocycles. The highest BCUT2D eigenvalue weighted by molar-refractivity contribution is 5.83. The van der Waals surface area contributed by atoms with E-state index in [1.807, 2.05) is 6.92 Å². The average molecular weight is 287 g/mol. The van der Waals surface area contributed by atoms with Crippen molar-refractivity contribution in [1.82, 2.24) is 5.32 Å². The van der Waals surface area contributed by atoms with E-state index in [9.17, 15) is 5.11 Å². The lowest BCUT2D eigenvalue weighted by molar-refractivity contribution is 0.0231. The van der Waals surface area contributed by atoms with Crippen molar-refractivity contribution in [3.05, 3.63) is 48.0 Å². The van der Waals surface area contributed by atoms with Crippen molar-refractivity contribution < 1.29 is 9.84 Å². The maximum absolute atomic E-state index is 10.3. The van der Waals surface area contributed by atoms with Gasteiger partial charge in [0.1, 0.15) is 0 Å². The molecule has 2 unspecified atom stereocenters. The number of benzene rings is 2. The Bertz CT molecular complexity index is 580. The first kappa shape index (κ1) is 16.0. The fourth-order valence-corrected chi connectivity index (χ4v) is 2.38. The standard InChI is InChI=1S/C18H25NO2/c1-14(19-13-18(2,20)10-11-21-3)16-9-8-15-6-4-5-7-17(15)12-16/h4-9,12,14,19-20H,10-11,13H2,1-3H3. The van der Waals surface area contributed by atoms with Gasteiger partial charge in [0.25, 0.3) is 0 Å². The third kappa shape index (κ3) is 4.53.